The smallest absolute Gasteiger partial charge is 0.504 e. The largest absolute Gasteiger partial charge is 2.00 e. The Morgan fingerprint density at radius 1 is 1.31 bits per heavy atom. The molecular formula is C12H24Mg. The van der Waals surface area contributed by atoms with Crippen molar-refractivity contribution in [1.82, 2.24) is 0 Å². The fourth-order valence-electron chi connectivity index (χ4n) is 1.15. The second-order valence-corrected chi connectivity index (χ2v) is 2.87. The monoisotopic (exact) mass is 192 g/mol. The summed E-state index contributed by atoms with van der Waals surface area (Å²) >= 11 is 0. The molecule has 0 radical (unpaired) electrons. The van der Waals surface area contributed by atoms with E-state index in [1.807, 2.05) is 0 Å². The molecular weight excluding hydrogens is 168 g/mol. The number of allylic oxidation sites excluding steroid dienone is 1. The van der Waals surface area contributed by atoms with E-state index in [2.05, 4.69) is 33.4 Å². The first-order valence-electron chi connectivity index (χ1n) is 5.05. The van der Waals surface area contributed by atoms with Crippen LogP contribution in [0.5, 0.6) is 0 Å². The van der Waals surface area contributed by atoms with Gasteiger partial charge in [-0.2, -0.15) is 13.3 Å². The van der Waals surface area contributed by atoms with Gasteiger partial charge in [0.2, 0.25) is 0 Å². The zero-order chi connectivity index (χ0) is 9.82. The molecule has 0 aromatic rings. The maximum Gasteiger partial charge on any atom is 2.00 e. The first-order valence-corrected chi connectivity index (χ1v) is 5.05. The van der Waals surface area contributed by atoms with Crippen LogP contribution in [0.15, 0.2) is 6.58 Å². The van der Waals surface area contributed by atoms with E-state index >= 15 is 0 Å². The van der Waals surface area contributed by atoms with Crippen molar-refractivity contribution in [3.8, 4) is 0 Å². The van der Waals surface area contributed by atoms with Crippen molar-refractivity contribution in [3.63, 3.8) is 0 Å². The summed E-state index contributed by atoms with van der Waals surface area (Å²) in [6.07, 6.45) is 9.37. The van der Waals surface area contributed by atoms with Gasteiger partial charge in [-0.3, -0.25) is 6.58 Å². The van der Waals surface area contributed by atoms with Gasteiger partial charge in [-0.05, 0) is 0 Å². The number of hydrogen-bond acceptors (Lipinski definition) is 0. The Morgan fingerprint density at radius 3 is 2.15 bits per heavy atom. The van der Waals surface area contributed by atoms with Gasteiger partial charge < -0.3 is 13.0 Å². The third-order valence-electron chi connectivity index (χ3n) is 1.98. The second-order valence-electron chi connectivity index (χ2n) is 2.87. The Labute approximate surface area is 101 Å². The van der Waals surface area contributed by atoms with Crippen molar-refractivity contribution in [1.29, 1.82) is 0 Å². The maximum atomic E-state index is 3.63. The van der Waals surface area contributed by atoms with Crippen molar-refractivity contribution in [2.75, 3.05) is 0 Å². The van der Waals surface area contributed by atoms with Crippen molar-refractivity contribution in [2.24, 2.45) is 5.92 Å². The zero-order valence-electron chi connectivity index (χ0n) is 9.73. The van der Waals surface area contributed by atoms with Gasteiger partial charge in [-0.25, -0.2) is 0 Å². The third-order valence-corrected chi connectivity index (χ3v) is 1.98. The van der Waals surface area contributed by atoms with Crippen LogP contribution in [0.2, 0.25) is 0 Å². The van der Waals surface area contributed by atoms with E-state index in [0.29, 0.717) is 0 Å². The van der Waals surface area contributed by atoms with Gasteiger partial charge >= 0.3 is 23.1 Å². The molecule has 0 aliphatic rings. The van der Waals surface area contributed by atoms with Crippen LogP contribution >= 0.6 is 0 Å². The summed E-state index contributed by atoms with van der Waals surface area (Å²) in [5.41, 5.74) is 0. The molecule has 0 heterocycles. The van der Waals surface area contributed by atoms with Crippen LogP contribution in [0, 0.1) is 18.9 Å². The summed E-state index contributed by atoms with van der Waals surface area (Å²) in [7, 11) is 0. The normalized spacial score (nSPS) is 10.5. The fourth-order valence-corrected chi connectivity index (χ4v) is 1.15. The van der Waals surface area contributed by atoms with Gasteiger partial charge in [0.05, 0.1) is 0 Å². The molecule has 0 saturated carbocycles. The average Bonchev–Trinajstić information content (AvgIpc) is 2.15. The standard InChI is InChI=1S/C10H19.C2H5.Mg/c1-4-7-9-10(6-3)8-5-2;1-2;/h10H,2,4,6-9H2,1,3H3;1H2,2H3;/q2*-1;+2. The molecule has 0 rings (SSSR count). The molecule has 1 heteroatoms. The van der Waals surface area contributed by atoms with E-state index in [-0.39, 0.29) is 23.1 Å². The average molecular weight is 193 g/mol. The van der Waals surface area contributed by atoms with Crippen LogP contribution in [-0.2, 0) is 0 Å². The van der Waals surface area contributed by atoms with Crippen LogP contribution in [0.4, 0.5) is 0 Å². The molecule has 74 valence electrons. The van der Waals surface area contributed by atoms with Crippen molar-refractivity contribution in [3.05, 3.63) is 19.6 Å². The van der Waals surface area contributed by atoms with Gasteiger partial charge in [-0.15, -0.1) is 0 Å². The molecule has 0 fully saturated rings. The summed E-state index contributed by atoms with van der Waals surface area (Å²) in [6, 6.07) is 0. The minimum atomic E-state index is 0. The van der Waals surface area contributed by atoms with E-state index in [9.17, 15) is 0 Å². The minimum Gasteiger partial charge on any atom is -0.504 e. The molecule has 1 atom stereocenters. The molecule has 1 unspecified atom stereocenters. The summed E-state index contributed by atoms with van der Waals surface area (Å²) in [6.45, 7) is 13.1. The van der Waals surface area contributed by atoms with Crippen molar-refractivity contribution in [2.45, 2.75) is 52.9 Å². The summed E-state index contributed by atoms with van der Waals surface area (Å²) in [4.78, 5) is 0. The number of rotatable bonds is 6. The quantitative estimate of drug-likeness (QED) is 0.440. The van der Waals surface area contributed by atoms with Gasteiger partial charge in [-0.1, -0.05) is 45.4 Å². The van der Waals surface area contributed by atoms with Crippen molar-refractivity contribution < 1.29 is 0 Å². The zero-order valence-corrected chi connectivity index (χ0v) is 11.1. The van der Waals surface area contributed by atoms with Crippen LogP contribution in [0.1, 0.15) is 52.9 Å². The predicted octanol–water partition coefficient (Wildman–Crippen LogP) is 4.04. The Morgan fingerprint density at radius 2 is 1.85 bits per heavy atom. The first-order chi connectivity index (χ1) is 5.85. The molecule has 0 nitrogen and oxygen atoms in total. The fraction of sp³-hybridized carbons (Fsp3) is 0.750. The Balaban J connectivity index is -0.000000309. The molecule has 0 aromatic carbocycles. The molecule has 0 aromatic heterocycles. The van der Waals surface area contributed by atoms with E-state index in [1.54, 1.807) is 6.92 Å². The minimum absolute atomic E-state index is 0. The SMILES string of the molecule is C=[C-]CC(CC)CCCC.[CH2-]C.[Mg+2]. The van der Waals surface area contributed by atoms with Crippen LogP contribution in [-0.4, -0.2) is 23.1 Å². The molecule has 0 saturated heterocycles. The van der Waals surface area contributed by atoms with Gasteiger partial charge in [0.1, 0.15) is 0 Å². The Hall–Kier alpha value is 0.506. The Bertz CT molecular complexity index is 79.2. The topological polar surface area (TPSA) is 0 Å². The molecule has 0 spiro atoms. The van der Waals surface area contributed by atoms with Gasteiger partial charge in [0, 0.05) is 0 Å². The molecule has 0 amide bonds. The molecule has 0 aliphatic carbocycles. The molecule has 13 heavy (non-hydrogen) atoms. The number of hydrogen-bond donors (Lipinski definition) is 0. The molecule has 0 bridgehead atoms. The van der Waals surface area contributed by atoms with Crippen LogP contribution in [0.3, 0.4) is 0 Å². The summed E-state index contributed by atoms with van der Waals surface area (Å²) in [5.74, 6) is 0.845. The molecule has 0 aliphatic heterocycles. The van der Waals surface area contributed by atoms with Gasteiger partial charge in [0.15, 0.2) is 0 Å². The van der Waals surface area contributed by atoms with Crippen LogP contribution < -0.4 is 0 Å². The van der Waals surface area contributed by atoms with Crippen molar-refractivity contribution >= 4 is 23.1 Å². The summed E-state index contributed by atoms with van der Waals surface area (Å²) < 4.78 is 0. The predicted molar refractivity (Wildman–Crippen MR) is 63.6 cm³/mol. The Kier molecular flexibility index (Phi) is 27.0. The number of unbranched alkanes of at least 4 members (excludes halogenated alkanes) is 1. The third kappa shape index (κ3) is 15.3. The van der Waals surface area contributed by atoms with E-state index in [1.165, 1.54) is 25.7 Å². The summed E-state index contributed by atoms with van der Waals surface area (Å²) in [5, 5.41) is 0. The molecule has 0 N–H and O–H groups in total. The van der Waals surface area contributed by atoms with E-state index in [0.717, 1.165) is 12.3 Å². The first kappa shape index (κ1) is 19.1. The van der Waals surface area contributed by atoms with E-state index in [4.69, 9.17) is 0 Å². The van der Waals surface area contributed by atoms with Gasteiger partial charge in [0.25, 0.3) is 0 Å². The van der Waals surface area contributed by atoms with Crippen LogP contribution in [0.25, 0.3) is 0 Å². The second kappa shape index (κ2) is 18.3. The maximum absolute atomic E-state index is 3.63. The van der Waals surface area contributed by atoms with E-state index < -0.39 is 0 Å².